The van der Waals surface area contributed by atoms with Crippen LogP contribution in [0.15, 0.2) is 23.2 Å². The SMILES string of the molecule is CCCNC(=NCC(=O)N(C)C)NC(C)c1ccc(OCC)c(OCC)c1. The average molecular weight is 379 g/mol. The molecule has 7 heteroatoms. The molecule has 2 N–H and O–H groups in total. The van der Waals surface area contributed by atoms with Crippen molar-refractivity contribution in [1.29, 1.82) is 0 Å². The van der Waals surface area contributed by atoms with Gasteiger partial charge >= 0.3 is 0 Å². The van der Waals surface area contributed by atoms with Gasteiger partial charge in [-0.05, 0) is 44.9 Å². The number of rotatable bonds is 10. The maximum atomic E-state index is 11.8. The fraction of sp³-hybridized carbons (Fsp3) is 0.600. The van der Waals surface area contributed by atoms with Crippen LogP contribution in [0.4, 0.5) is 0 Å². The fourth-order valence-corrected chi connectivity index (χ4v) is 2.31. The first-order valence-electron chi connectivity index (χ1n) is 9.57. The van der Waals surface area contributed by atoms with Crippen LogP contribution in [-0.4, -0.2) is 57.2 Å². The molecule has 0 aliphatic rings. The predicted octanol–water partition coefficient (Wildman–Crippen LogP) is 2.58. The third-order valence-corrected chi connectivity index (χ3v) is 3.83. The summed E-state index contributed by atoms with van der Waals surface area (Å²) in [5, 5.41) is 6.60. The summed E-state index contributed by atoms with van der Waals surface area (Å²) >= 11 is 0. The largest absolute Gasteiger partial charge is 0.490 e. The summed E-state index contributed by atoms with van der Waals surface area (Å²) in [7, 11) is 3.45. The molecule has 0 aliphatic heterocycles. The van der Waals surface area contributed by atoms with Gasteiger partial charge in [0.2, 0.25) is 5.91 Å². The Kier molecular flexibility index (Phi) is 10.1. The van der Waals surface area contributed by atoms with Gasteiger partial charge in [-0.1, -0.05) is 13.0 Å². The minimum absolute atomic E-state index is 0.0163. The Bertz CT molecular complexity index is 617. The van der Waals surface area contributed by atoms with Crippen LogP contribution < -0.4 is 20.1 Å². The number of carbonyl (C=O) groups excluding carboxylic acids is 1. The number of ether oxygens (including phenoxy) is 2. The maximum Gasteiger partial charge on any atom is 0.243 e. The lowest BCUT2D eigenvalue weighted by Gasteiger charge is -2.20. The van der Waals surface area contributed by atoms with E-state index < -0.39 is 0 Å². The van der Waals surface area contributed by atoms with Crippen molar-refractivity contribution in [3.63, 3.8) is 0 Å². The highest BCUT2D eigenvalue weighted by Gasteiger charge is 2.13. The molecule has 0 bridgehead atoms. The number of nitrogens with zero attached hydrogens (tertiary/aromatic N) is 2. The van der Waals surface area contributed by atoms with E-state index in [1.54, 1.807) is 14.1 Å². The van der Waals surface area contributed by atoms with Crippen LogP contribution in [0.3, 0.4) is 0 Å². The Hall–Kier alpha value is -2.44. The Labute approximate surface area is 163 Å². The summed E-state index contributed by atoms with van der Waals surface area (Å²) in [6.07, 6.45) is 0.967. The zero-order valence-corrected chi connectivity index (χ0v) is 17.5. The van der Waals surface area contributed by atoms with Gasteiger partial charge in [0.25, 0.3) is 0 Å². The first-order valence-corrected chi connectivity index (χ1v) is 9.57. The molecule has 27 heavy (non-hydrogen) atoms. The number of benzene rings is 1. The van der Waals surface area contributed by atoms with E-state index in [-0.39, 0.29) is 18.5 Å². The second-order valence-electron chi connectivity index (χ2n) is 6.32. The van der Waals surface area contributed by atoms with Crippen LogP contribution in [0.25, 0.3) is 0 Å². The fourth-order valence-electron chi connectivity index (χ4n) is 2.31. The van der Waals surface area contributed by atoms with Crippen molar-refractivity contribution in [3.8, 4) is 11.5 Å². The first kappa shape index (κ1) is 22.6. The van der Waals surface area contributed by atoms with E-state index in [1.807, 2.05) is 39.0 Å². The molecule has 0 spiro atoms. The first-order chi connectivity index (χ1) is 12.9. The second kappa shape index (κ2) is 12.0. The summed E-state index contributed by atoms with van der Waals surface area (Å²) in [4.78, 5) is 17.8. The van der Waals surface area contributed by atoms with Crippen molar-refractivity contribution in [2.45, 2.75) is 40.2 Å². The molecule has 1 aromatic rings. The predicted molar refractivity (Wildman–Crippen MR) is 110 cm³/mol. The van der Waals surface area contributed by atoms with Gasteiger partial charge in [-0.2, -0.15) is 0 Å². The van der Waals surface area contributed by atoms with Gasteiger partial charge in [0.05, 0.1) is 19.3 Å². The molecule has 7 nitrogen and oxygen atoms in total. The quantitative estimate of drug-likeness (QED) is 0.483. The molecule has 0 fully saturated rings. The van der Waals surface area contributed by atoms with Crippen LogP contribution in [0.2, 0.25) is 0 Å². The molecule has 1 unspecified atom stereocenters. The molecule has 0 saturated heterocycles. The number of guanidine groups is 1. The molecule has 152 valence electrons. The molecule has 0 radical (unpaired) electrons. The Balaban J connectivity index is 2.92. The number of aliphatic imine (C=N–C) groups is 1. The summed E-state index contributed by atoms with van der Waals surface area (Å²) < 4.78 is 11.3. The molecule has 0 aromatic heterocycles. The van der Waals surface area contributed by atoms with Gasteiger partial charge in [0.15, 0.2) is 17.5 Å². The van der Waals surface area contributed by atoms with E-state index in [0.717, 1.165) is 30.0 Å². The van der Waals surface area contributed by atoms with Gasteiger partial charge in [0, 0.05) is 20.6 Å². The number of carbonyl (C=O) groups is 1. The van der Waals surface area contributed by atoms with E-state index in [0.29, 0.717) is 19.2 Å². The van der Waals surface area contributed by atoms with Crippen LogP contribution in [0.5, 0.6) is 11.5 Å². The van der Waals surface area contributed by atoms with E-state index >= 15 is 0 Å². The summed E-state index contributed by atoms with van der Waals surface area (Å²) in [6.45, 7) is 10.1. The number of amides is 1. The second-order valence-corrected chi connectivity index (χ2v) is 6.32. The van der Waals surface area contributed by atoms with Crippen molar-refractivity contribution in [2.24, 2.45) is 4.99 Å². The molecule has 1 aromatic carbocycles. The van der Waals surface area contributed by atoms with Crippen LogP contribution >= 0.6 is 0 Å². The highest BCUT2D eigenvalue weighted by Crippen LogP contribution is 2.30. The molecule has 1 atom stereocenters. The van der Waals surface area contributed by atoms with Crippen molar-refractivity contribution < 1.29 is 14.3 Å². The van der Waals surface area contributed by atoms with Gasteiger partial charge in [-0.25, -0.2) is 4.99 Å². The minimum atomic E-state index is -0.0417. The lowest BCUT2D eigenvalue weighted by Crippen LogP contribution is -2.40. The van der Waals surface area contributed by atoms with E-state index in [9.17, 15) is 4.79 Å². The average Bonchev–Trinajstić information content (AvgIpc) is 2.65. The van der Waals surface area contributed by atoms with Crippen molar-refractivity contribution in [2.75, 3.05) is 40.4 Å². The van der Waals surface area contributed by atoms with E-state index in [4.69, 9.17) is 9.47 Å². The van der Waals surface area contributed by atoms with Crippen molar-refractivity contribution in [3.05, 3.63) is 23.8 Å². The Morgan fingerprint density at radius 2 is 1.81 bits per heavy atom. The Morgan fingerprint density at radius 3 is 2.41 bits per heavy atom. The molecule has 0 aliphatic carbocycles. The third kappa shape index (κ3) is 7.76. The monoisotopic (exact) mass is 378 g/mol. The highest BCUT2D eigenvalue weighted by molar-refractivity contribution is 5.85. The molecular formula is C20H34N4O3. The minimum Gasteiger partial charge on any atom is -0.490 e. The summed E-state index contributed by atoms with van der Waals surface area (Å²) in [5.41, 5.74) is 1.05. The summed E-state index contributed by atoms with van der Waals surface area (Å²) in [5.74, 6) is 2.05. The number of hydrogen-bond acceptors (Lipinski definition) is 4. The van der Waals surface area contributed by atoms with Crippen LogP contribution in [-0.2, 0) is 4.79 Å². The maximum absolute atomic E-state index is 11.8. The molecule has 0 heterocycles. The van der Waals surface area contributed by atoms with Gasteiger partial charge < -0.3 is 25.0 Å². The lowest BCUT2D eigenvalue weighted by atomic mass is 10.1. The normalized spacial score (nSPS) is 12.3. The van der Waals surface area contributed by atoms with Crippen molar-refractivity contribution >= 4 is 11.9 Å². The Morgan fingerprint density at radius 1 is 1.15 bits per heavy atom. The molecule has 1 rings (SSSR count). The number of likely N-dealkylation sites (N-methyl/N-ethyl adjacent to an activating group) is 1. The smallest absolute Gasteiger partial charge is 0.243 e. The zero-order valence-electron chi connectivity index (χ0n) is 17.5. The zero-order chi connectivity index (χ0) is 20.2. The summed E-state index contributed by atoms with van der Waals surface area (Å²) in [6, 6.07) is 5.90. The van der Waals surface area contributed by atoms with Crippen molar-refractivity contribution in [1.82, 2.24) is 15.5 Å². The molecule has 1 amide bonds. The molecule has 0 saturated carbocycles. The molecular weight excluding hydrogens is 344 g/mol. The van der Waals surface area contributed by atoms with E-state index in [1.165, 1.54) is 4.90 Å². The third-order valence-electron chi connectivity index (χ3n) is 3.83. The van der Waals surface area contributed by atoms with Crippen LogP contribution in [0, 0.1) is 0 Å². The van der Waals surface area contributed by atoms with Gasteiger partial charge in [-0.15, -0.1) is 0 Å². The number of hydrogen-bond donors (Lipinski definition) is 2. The lowest BCUT2D eigenvalue weighted by molar-refractivity contribution is -0.127. The van der Waals surface area contributed by atoms with Crippen LogP contribution in [0.1, 0.15) is 45.7 Å². The standard InChI is InChI=1S/C20H34N4O3/c1-7-12-21-20(22-14-19(25)24(5)6)23-15(4)16-10-11-17(26-8-2)18(13-16)27-9-3/h10-11,13,15H,7-9,12,14H2,1-6H3,(H2,21,22,23). The van der Waals surface area contributed by atoms with Gasteiger partial charge in [0.1, 0.15) is 6.54 Å². The topological polar surface area (TPSA) is 75.2 Å². The number of nitrogens with one attached hydrogen (secondary N) is 2. The van der Waals surface area contributed by atoms with E-state index in [2.05, 4.69) is 22.5 Å². The highest BCUT2D eigenvalue weighted by atomic mass is 16.5. The van der Waals surface area contributed by atoms with Gasteiger partial charge in [-0.3, -0.25) is 4.79 Å².